The second-order valence-corrected chi connectivity index (χ2v) is 7.84. The third kappa shape index (κ3) is 4.28. The minimum Gasteiger partial charge on any atom is -0.463 e. The minimum atomic E-state index is -0.252. The predicted octanol–water partition coefficient (Wildman–Crippen LogP) is 3.92. The molecule has 0 aliphatic carbocycles. The van der Waals surface area contributed by atoms with Gasteiger partial charge in [-0.1, -0.05) is 17.3 Å². The zero-order chi connectivity index (χ0) is 21.9. The standard InChI is InChI=1S/C24H24N4O4/c1-16-22-19(15-20(21-3-2-12-31-21)26-24(22)32-27-16)23(29)25-18-6-4-17(5-7-18)8-9-28-10-13-30-14-11-28/h2-7,12,15H,8-11,13-14H2,1H3,(H,25,29). The molecule has 1 fully saturated rings. The lowest BCUT2D eigenvalue weighted by molar-refractivity contribution is 0.0384. The van der Waals surface area contributed by atoms with Gasteiger partial charge in [0.05, 0.1) is 36.1 Å². The maximum absolute atomic E-state index is 13.2. The Labute approximate surface area is 185 Å². The molecule has 5 rings (SSSR count). The summed E-state index contributed by atoms with van der Waals surface area (Å²) in [4.78, 5) is 20.0. The van der Waals surface area contributed by atoms with Gasteiger partial charge < -0.3 is 19.0 Å². The van der Waals surface area contributed by atoms with Crippen molar-refractivity contribution >= 4 is 22.7 Å². The molecule has 1 N–H and O–H groups in total. The van der Waals surface area contributed by atoms with E-state index in [1.807, 2.05) is 12.1 Å². The highest BCUT2D eigenvalue weighted by atomic mass is 16.5. The van der Waals surface area contributed by atoms with E-state index in [-0.39, 0.29) is 5.91 Å². The maximum Gasteiger partial charge on any atom is 0.259 e. The number of amides is 1. The van der Waals surface area contributed by atoms with Crippen molar-refractivity contribution in [3.8, 4) is 11.5 Å². The molecule has 4 aromatic rings. The first-order valence-corrected chi connectivity index (χ1v) is 10.7. The molecule has 1 saturated heterocycles. The highest BCUT2D eigenvalue weighted by Gasteiger charge is 2.20. The van der Waals surface area contributed by atoms with Crippen molar-refractivity contribution < 1.29 is 18.5 Å². The Kier molecular flexibility index (Phi) is 5.70. The molecule has 0 radical (unpaired) electrons. The number of nitrogens with one attached hydrogen (secondary N) is 1. The van der Waals surface area contributed by atoms with Crippen molar-refractivity contribution in [3.63, 3.8) is 0 Å². The Balaban J connectivity index is 1.33. The lowest BCUT2D eigenvalue weighted by Gasteiger charge is -2.26. The molecule has 4 heterocycles. The van der Waals surface area contributed by atoms with Gasteiger partial charge in [-0.05, 0) is 49.2 Å². The van der Waals surface area contributed by atoms with Crippen LogP contribution in [0.3, 0.4) is 0 Å². The van der Waals surface area contributed by atoms with Gasteiger partial charge in [0.1, 0.15) is 5.69 Å². The second-order valence-electron chi connectivity index (χ2n) is 7.84. The third-order valence-electron chi connectivity index (χ3n) is 5.67. The number of aromatic nitrogens is 2. The number of ether oxygens (including phenoxy) is 1. The van der Waals surface area contributed by atoms with Crippen molar-refractivity contribution in [2.45, 2.75) is 13.3 Å². The highest BCUT2D eigenvalue weighted by molar-refractivity contribution is 6.12. The molecule has 0 bridgehead atoms. The Morgan fingerprint density at radius 1 is 1.16 bits per heavy atom. The first kappa shape index (κ1) is 20.4. The first-order valence-electron chi connectivity index (χ1n) is 10.7. The topological polar surface area (TPSA) is 93.6 Å². The van der Waals surface area contributed by atoms with Gasteiger partial charge in [-0.2, -0.15) is 0 Å². The molecule has 0 saturated carbocycles. The van der Waals surface area contributed by atoms with Crippen molar-refractivity contribution in [2.24, 2.45) is 0 Å². The highest BCUT2D eigenvalue weighted by Crippen LogP contribution is 2.28. The number of furan rings is 1. The van der Waals surface area contributed by atoms with Gasteiger partial charge in [0.2, 0.25) is 0 Å². The molecule has 1 aliphatic rings. The molecule has 1 amide bonds. The Bertz CT molecular complexity index is 1210. The third-order valence-corrected chi connectivity index (χ3v) is 5.67. The van der Waals surface area contributed by atoms with Gasteiger partial charge in [-0.15, -0.1) is 0 Å². The van der Waals surface area contributed by atoms with Gasteiger partial charge in [-0.3, -0.25) is 9.69 Å². The van der Waals surface area contributed by atoms with Gasteiger partial charge in [-0.25, -0.2) is 4.98 Å². The van der Waals surface area contributed by atoms with Crippen LogP contribution in [-0.4, -0.2) is 53.8 Å². The molecule has 8 nitrogen and oxygen atoms in total. The number of hydrogen-bond donors (Lipinski definition) is 1. The number of benzene rings is 1. The number of pyridine rings is 1. The van der Waals surface area contributed by atoms with E-state index in [1.54, 1.807) is 31.4 Å². The van der Waals surface area contributed by atoms with Gasteiger partial charge in [0.25, 0.3) is 11.6 Å². The zero-order valence-corrected chi connectivity index (χ0v) is 17.8. The van der Waals surface area contributed by atoms with Crippen molar-refractivity contribution in [3.05, 3.63) is 65.5 Å². The van der Waals surface area contributed by atoms with Crippen LogP contribution < -0.4 is 5.32 Å². The Morgan fingerprint density at radius 2 is 1.97 bits per heavy atom. The van der Waals surface area contributed by atoms with Crippen LogP contribution >= 0.6 is 0 Å². The summed E-state index contributed by atoms with van der Waals surface area (Å²) in [5.74, 6) is 0.303. The van der Waals surface area contributed by atoms with Crippen molar-refractivity contribution in [2.75, 3.05) is 38.2 Å². The number of hydrogen-bond acceptors (Lipinski definition) is 7. The average molecular weight is 432 g/mol. The largest absolute Gasteiger partial charge is 0.463 e. The lowest BCUT2D eigenvalue weighted by atomic mass is 10.1. The van der Waals surface area contributed by atoms with Crippen molar-refractivity contribution in [1.82, 2.24) is 15.0 Å². The first-order chi connectivity index (χ1) is 15.7. The van der Waals surface area contributed by atoms with E-state index >= 15 is 0 Å². The fourth-order valence-electron chi connectivity index (χ4n) is 3.89. The van der Waals surface area contributed by atoms with E-state index in [9.17, 15) is 4.79 Å². The van der Waals surface area contributed by atoms with Gasteiger partial charge >= 0.3 is 0 Å². The molecule has 1 aliphatic heterocycles. The van der Waals surface area contributed by atoms with E-state index in [2.05, 4.69) is 32.5 Å². The molecule has 164 valence electrons. The smallest absolute Gasteiger partial charge is 0.259 e. The predicted molar refractivity (Wildman–Crippen MR) is 120 cm³/mol. The monoisotopic (exact) mass is 432 g/mol. The van der Waals surface area contributed by atoms with Gasteiger partial charge in [0.15, 0.2) is 5.76 Å². The SMILES string of the molecule is Cc1noc2nc(-c3ccco3)cc(C(=O)Nc3ccc(CCN4CCOCC4)cc3)c12. The number of carbonyl (C=O) groups excluding carboxylic acids is 1. The molecule has 0 atom stereocenters. The fourth-order valence-corrected chi connectivity index (χ4v) is 3.89. The molecular formula is C24H24N4O4. The van der Waals surface area contributed by atoms with E-state index < -0.39 is 0 Å². The van der Waals surface area contributed by atoms with Crippen LogP contribution in [0.2, 0.25) is 0 Å². The molecule has 8 heteroatoms. The van der Waals surface area contributed by atoms with Crippen LogP contribution in [0.1, 0.15) is 21.6 Å². The summed E-state index contributed by atoms with van der Waals surface area (Å²) < 4.78 is 16.2. The van der Waals surface area contributed by atoms with Gasteiger partial charge in [0, 0.05) is 25.3 Å². The molecule has 32 heavy (non-hydrogen) atoms. The number of anilines is 1. The van der Waals surface area contributed by atoms with Crippen LogP contribution in [0.15, 0.2) is 57.7 Å². The normalized spacial score (nSPS) is 14.7. The molecule has 1 aromatic carbocycles. The quantitative estimate of drug-likeness (QED) is 0.494. The summed E-state index contributed by atoms with van der Waals surface area (Å²) in [6, 6.07) is 13.2. The minimum absolute atomic E-state index is 0.252. The summed E-state index contributed by atoms with van der Waals surface area (Å²) in [6.45, 7) is 6.38. The number of aryl methyl sites for hydroxylation is 1. The second kappa shape index (κ2) is 8.94. The summed E-state index contributed by atoms with van der Waals surface area (Å²) in [5.41, 5.74) is 3.83. The maximum atomic E-state index is 13.2. The number of fused-ring (bicyclic) bond motifs is 1. The molecule has 3 aromatic heterocycles. The molecular weight excluding hydrogens is 408 g/mol. The summed E-state index contributed by atoms with van der Waals surface area (Å²) in [5, 5.41) is 7.55. The van der Waals surface area contributed by atoms with E-state index in [1.165, 1.54) is 5.56 Å². The average Bonchev–Trinajstić information content (AvgIpc) is 3.49. The lowest BCUT2D eigenvalue weighted by Crippen LogP contribution is -2.37. The van der Waals surface area contributed by atoms with E-state index in [0.717, 1.165) is 45.0 Å². The number of rotatable bonds is 6. The van der Waals surface area contributed by atoms with Crippen LogP contribution in [0.5, 0.6) is 0 Å². The summed E-state index contributed by atoms with van der Waals surface area (Å²) >= 11 is 0. The van der Waals surface area contributed by atoms with Crippen molar-refractivity contribution in [1.29, 1.82) is 0 Å². The fraction of sp³-hybridized carbons (Fsp3) is 0.292. The van der Waals surface area contributed by atoms with Crippen LogP contribution in [0.25, 0.3) is 22.6 Å². The molecule has 0 spiro atoms. The number of carbonyl (C=O) groups is 1. The van der Waals surface area contributed by atoms with E-state index in [0.29, 0.717) is 33.8 Å². The molecule has 0 unspecified atom stereocenters. The van der Waals surface area contributed by atoms with Crippen LogP contribution in [0, 0.1) is 6.92 Å². The summed E-state index contributed by atoms with van der Waals surface area (Å²) in [6.07, 6.45) is 2.53. The number of nitrogens with zero attached hydrogens (tertiary/aromatic N) is 3. The van der Waals surface area contributed by atoms with E-state index in [4.69, 9.17) is 13.7 Å². The Morgan fingerprint density at radius 3 is 2.72 bits per heavy atom. The van der Waals surface area contributed by atoms with Crippen LogP contribution in [-0.2, 0) is 11.2 Å². The number of morpholine rings is 1. The zero-order valence-electron chi connectivity index (χ0n) is 17.8. The van der Waals surface area contributed by atoms with Crippen LogP contribution in [0.4, 0.5) is 5.69 Å². The summed E-state index contributed by atoms with van der Waals surface area (Å²) in [7, 11) is 0. The Hall–Kier alpha value is -3.49.